The fourth-order valence-electron chi connectivity index (χ4n) is 3.27. The van der Waals surface area contributed by atoms with Gasteiger partial charge in [-0.2, -0.15) is 4.31 Å². The van der Waals surface area contributed by atoms with Gasteiger partial charge in [0.25, 0.3) is 5.56 Å². The van der Waals surface area contributed by atoms with Crippen molar-refractivity contribution in [2.45, 2.75) is 37.2 Å². The van der Waals surface area contributed by atoms with Gasteiger partial charge in [-0.1, -0.05) is 18.6 Å². The summed E-state index contributed by atoms with van der Waals surface area (Å²) in [7, 11) is -2.30. The van der Waals surface area contributed by atoms with Crippen LogP contribution in [0.25, 0.3) is 0 Å². The van der Waals surface area contributed by atoms with Crippen molar-refractivity contribution in [1.82, 2.24) is 14.2 Å². The zero-order valence-corrected chi connectivity index (χ0v) is 17.2. The molecule has 0 radical (unpaired) electrons. The lowest BCUT2D eigenvalue weighted by Crippen LogP contribution is -2.40. The largest absolute Gasteiger partial charge is 0.497 e. The number of hydrogen-bond donors (Lipinski definition) is 1. The Morgan fingerprint density at radius 3 is 2.62 bits per heavy atom. The summed E-state index contributed by atoms with van der Waals surface area (Å²) in [6, 6.07) is 10.1. The van der Waals surface area contributed by atoms with Gasteiger partial charge in [-0.25, -0.2) is 8.42 Å². The van der Waals surface area contributed by atoms with Crippen LogP contribution in [0.4, 0.5) is 0 Å². The third kappa shape index (κ3) is 5.04. The Kier molecular flexibility index (Phi) is 6.71. The van der Waals surface area contributed by atoms with Gasteiger partial charge in [0.15, 0.2) is 0 Å². The van der Waals surface area contributed by atoms with Crippen molar-refractivity contribution in [3.63, 3.8) is 0 Å². The number of ether oxygens (including phenoxy) is 1. The van der Waals surface area contributed by atoms with E-state index in [1.807, 2.05) is 12.1 Å². The maximum atomic E-state index is 12.8. The number of amides is 1. The maximum Gasteiger partial charge on any atom is 0.271 e. The highest BCUT2D eigenvalue weighted by Gasteiger charge is 2.28. The van der Waals surface area contributed by atoms with Gasteiger partial charge in [-0.15, -0.1) is 0 Å². The summed E-state index contributed by atoms with van der Waals surface area (Å²) in [5.41, 5.74) is 0.168. The predicted molar refractivity (Wildman–Crippen MR) is 108 cm³/mol. The SMILES string of the molecule is COc1cccc(CNC(=O)Cn2cccc(S(=O)(=O)N3CCCCC3)c2=O)c1. The van der Waals surface area contributed by atoms with Gasteiger partial charge in [0.2, 0.25) is 15.9 Å². The standard InChI is InChI=1S/C20H25N3O5S/c1-28-17-8-5-7-16(13-17)14-21-19(24)15-22-10-6-9-18(20(22)25)29(26,27)23-11-3-2-4-12-23/h5-10,13H,2-4,11-12,14-15H2,1H3,(H,21,24). The normalized spacial score (nSPS) is 15.1. The number of rotatable bonds is 7. The first-order chi connectivity index (χ1) is 13.9. The number of sulfonamides is 1. The van der Waals surface area contributed by atoms with Gasteiger partial charge in [0.1, 0.15) is 17.2 Å². The minimum atomic E-state index is -3.86. The molecule has 2 heterocycles. The number of methoxy groups -OCH3 is 1. The average Bonchev–Trinajstić information content (AvgIpc) is 2.74. The molecule has 2 aromatic rings. The lowest BCUT2D eigenvalue weighted by atomic mass is 10.2. The van der Waals surface area contributed by atoms with Crippen LogP contribution in [-0.4, -0.2) is 43.4 Å². The minimum Gasteiger partial charge on any atom is -0.497 e. The van der Waals surface area contributed by atoms with Crippen molar-refractivity contribution < 1.29 is 17.9 Å². The molecule has 1 N–H and O–H groups in total. The first-order valence-corrected chi connectivity index (χ1v) is 10.9. The van der Waals surface area contributed by atoms with Gasteiger partial charge < -0.3 is 14.6 Å². The van der Waals surface area contributed by atoms with Gasteiger partial charge in [-0.3, -0.25) is 9.59 Å². The van der Waals surface area contributed by atoms with E-state index in [1.165, 1.54) is 22.6 Å². The summed E-state index contributed by atoms with van der Waals surface area (Å²) < 4.78 is 33.3. The topological polar surface area (TPSA) is 97.7 Å². The Morgan fingerprint density at radius 2 is 1.90 bits per heavy atom. The summed E-state index contributed by atoms with van der Waals surface area (Å²) in [6.45, 7) is 0.845. The molecule has 0 saturated carbocycles. The zero-order chi connectivity index (χ0) is 20.9. The summed E-state index contributed by atoms with van der Waals surface area (Å²) in [5.74, 6) is 0.297. The van der Waals surface area contributed by atoms with Crippen LogP contribution in [0.15, 0.2) is 52.3 Å². The Bertz CT molecular complexity index is 1030. The van der Waals surface area contributed by atoms with Crippen molar-refractivity contribution in [2.75, 3.05) is 20.2 Å². The quantitative estimate of drug-likeness (QED) is 0.731. The molecule has 9 heteroatoms. The molecular weight excluding hydrogens is 394 g/mol. The first kappa shape index (κ1) is 21.1. The van der Waals surface area contributed by atoms with E-state index in [0.29, 0.717) is 18.8 Å². The highest BCUT2D eigenvalue weighted by Crippen LogP contribution is 2.18. The van der Waals surface area contributed by atoms with Crippen LogP contribution in [0.5, 0.6) is 5.75 Å². The average molecular weight is 420 g/mol. The third-order valence-electron chi connectivity index (χ3n) is 4.86. The van der Waals surface area contributed by atoms with Crippen molar-refractivity contribution >= 4 is 15.9 Å². The minimum absolute atomic E-state index is 0.258. The second-order valence-electron chi connectivity index (χ2n) is 6.90. The Balaban J connectivity index is 1.70. The second-order valence-corrected chi connectivity index (χ2v) is 8.80. The first-order valence-electron chi connectivity index (χ1n) is 9.51. The molecule has 1 aromatic heterocycles. The summed E-state index contributed by atoms with van der Waals surface area (Å²) in [6.07, 6.45) is 3.97. The van der Waals surface area contributed by atoms with Crippen molar-refractivity contribution in [1.29, 1.82) is 0 Å². The molecule has 1 saturated heterocycles. The summed E-state index contributed by atoms with van der Waals surface area (Å²) >= 11 is 0. The molecular formula is C20H25N3O5S. The van der Waals surface area contributed by atoms with Gasteiger partial charge in [0, 0.05) is 25.8 Å². The van der Waals surface area contributed by atoms with Crippen molar-refractivity contribution in [3.05, 3.63) is 58.5 Å². The van der Waals surface area contributed by atoms with Crippen LogP contribution in [0, 0.1) is 0 Å². The molecule has 1 aromatic carbocycles. The molecule has 1 aliphatic rings. The summed E-state index contributed by atoms with van der Waals surface area (Å²) in [5, 5.41) is 2.73. The van der Waals surface area contributed by atoms with Crippen LogP contribution in [0.1, 0.15) is 24.8 Å². The predicted octanol–water partition coefficient (Wildman–Crippen LogP) is 1.35. The van der Waals surface area contributed by atoms with Crippen LogP contribution in [-0.2, 0) is 27.9 Å². The smallest absolute Gasteiger partial charge is 0.271 e. The van der Waals surface area contributed by atoms with E-state index in [9.17, 15) is 18.0 Å². The van der Waals surface area contributed by atoms with Gasteiger partial charge in [-0.05, 0) is 42.7 Å². The molecule has 29 heavy (non-hydrogen) atoms. The van der Waals surface area contributed by atoms with Crippen LogP contribution in [0.2, 0.25) is 0 Å². The number of piperidine rings is 1. The fourth-order valence-corrected chi connectivity index (χ4v) is 4.88. The molecule has 1 aliphatic heterocycles. The van der Waals surface area contributed by atoms with E-state index in [4.69, 9.17) is 4.74 Å². The van der Waals surface area contributed by atoms with Crippen molar-refractivity contribution in [2.24, 2.45) is 0 Å². The van der Waals surface area contributed by atoms with Crippen LogP contribution in [0.3, 0.4) is 0 Å². The molecule has 0 spiro atoms. The molecule has 0 unspecified atom stereocenters. The number of pyridine rings is 1. The van der Waals surface area contributed by atoms with Crippen LogP contribution >= 0.6 is 0 Å². The van der Waals surface area contributed by atoms with Gasteiger partial charge in [0.05, 0.1) is 7.11 Å². The molecule has 0 aliphatic carbocycles. The molecule has 0 atom stereocenters. The van der Waals surface area contributed by atoms with E-state index in [1.54, 1.807) is 19.2 Å². The number of benzene rings is 1. The molecule has 1 amide bonds. The Morgan fingerprint density at radius 1 is 1.14 bits per heavy atom. The number of aromatic nitrogens is 1. The number of hydrogen-bond acceptors (Lipinski definition) is 5. The molecule has 156 valence electrons. The van der Waals surface area contributed by atoms with E-state index in [2.05, 4.69) is 5.32 Å². The fraction of sp³-hybridized carbons (Fsp3) is 0.400. The number of nitrogens with zero attached hydrogens (tertiary/aromatic N) is 2. The number of carbonyl (C=O) groups is 1. The Hall–Kier alpha value is -2.65. The lowest BCUT2D eigenvalue weighted by molar-refractivity contribution is -0.121. The van der Waals surface area contributed by atoms with E-state index in [0.717, 1.165) is 29.4 Å². The molecule has 1 fully saturated rings. The third-order valence-corrected chi connectivity index (χ3v) is 6.77. The van der Waals surface area contributed by atoms with E-state index >= 15 is 0 Å². The summed E-state index contributed by atoms with van der Waals surface area (Å²) in [4.78, 5) is 24.7. The highest BCUT2D eigenvalue weighted by molar-refractivity contribution is 7.89. The zero-order valence-electron chi connectivity index (χ0n) is 16.3. The van der Waals surface area contributed by atoms with E-state index in [-0.39, 0.29) is 23.9 Å². The molecule has 8 nitrogen and oxygen atoms in total. The number of nitrogens with one attached hydrogen (secondary N) is 1. The van der Waals surface area contributed by atoms with Gasteiger partial charge >= 0.3 is 0 Å². The lowest BCUT2D eigenvalue weighted by Gasteiger charge is -2.25. The molecule has 0 bridgehead atoms. The molecule has 3 rings (SSSR count). The van der Waals surface area contributed by atoms with Crippen LogP contribution < -0.4 is 15.6 Å². The monoisotopic (exact) mass is 419 g/mol. The number of carbonyl (C=O) groups excluding carboxylic acids is 1. The maximum absolute atomic E-state index is 12.8. The Labute approximate surface area is 170 Å². The second kappa shape index (κ2) is 9.23. The van der Waals surface area contributed by atoms with Crippen molar-refractivity contribution in [3.8, 4) is 5.75 Å². The highest BCUT2D eigenvalue weighted by atomic mass is 32.2. The van der Waals surface area contributed by atoms with E-state index < -0.39 is 15.6 Å².